The van der Waals surface area contributed by atoms with E-state index in [1.807, 2.05) is 19.1 Å². The second-order valence-corrected chi connectivity index (χ2v) is 4.04. The van der Waals surface area contributed by atoms with Gasteiger partial charge in [0.15, 0.2) is 0 Å². The molecule has 0 heterocycles. The van der Waals surface area contributed by atoms with Crippen LogP contribution in [0, 0.1) is 11.3 Å². The lowest BCUT2D eigenvalue weighted by Crippen LogP contribution is -2.07. The molecule has 5 heteroatoms. The Morgan fingerprint density at radius 2 is 2.05 bits per heavy atom. The summed E-state index contributed by atoms with van der Waals surface area (Å²) < 4.78 is 28.0. The van der Waals surface area contributed by atoms with Gasteiger partial charge in [-0.25, -0.2) is 4.39 Å². The molecule has 0 amide bonds. The Balaban J connectivity index is 2.68. The molecule has 0 N–H and O–H groups in total. The summed E-state index contributed by atoms with van der Waals surface area (Å²) in [6.07, 6.45) is 0.209. The second kappa shape index (κ2) is 8.33. The third kappa shape index (κ3) is 5.58. The average molecular weight is 267 g/mol. The molecule has 0 bridgehead atoms. The largest absolute Gasteiger partial charge is 0.497 e. The Hall–Kier alpha value is -1.80. The van der Waals surface area contributed by atoms with E-state index in [0.717, 1.165) is 5.56 Å². The van der Waals surface area contributed by atoms with Crippen molar-refractivity contribution in [3.63, 3.8) is 0 Å². The van der Waals surface area contributed by atoms with Crippen molar-refractivity contribution in [3.8, 4) is 17.6 Å². The predicted octanol–water partition coefficient (Wildman–Crippen LogP) is 2.86. The molecule has 0 radical (unpaired) electrons. The first-order valence-corrected chi connectivity index (χ1v) is 6.05. The van der Waals surface area contributed by atoms with Gasteiger partial charge in [-0.2, -0.15) is 5.26 Å². The van der Waals surface area contributed by atoms with Crippen LogP contribution in [0.15, 0.2) is 18.2 Å². The summed E-state index contributed by atoms with van der Waals surface area (Å²) in [5.74, 6) is 1.17. The van der Waals surface area contributed by atoms with Crippen molar-refractivity contribution < 1.29 is 18.6 Å². The van der Waals surface area contributed by atoms with E-state index in [4.69, 9.17) is 19.5 Å². The van der Waals surface area contributed by atoms with Crippen molar-refractivity contribution in [2.45, 2.75) is 26.1 Å². The van der Waals surface area contributed by atoms with Crippen molar-refractivity contribution in [2.75, 3.05) is 20.4 Å². The van der Waals surface area contributed by atoms with Crippen LogP contribution >= 0.6 is 0 Å². The van der Waals surface area contributed by atoms with Gasteiger partial charge in [0.2, 0.25) is 0 Å². The SMILES string of the molecule is COc1cc(COC(C)CC#N)cc(OCCF)c1. The van der Waals surface area contributed by atoms with Gasteiger partial charge in [-0.15, -0.1) is 0 Å². The van der Waals surface area contributed by atoms with Crippen LogP contribution in [0.5, 0.6) is 11.5 Å². The van der Waals surface area contributed by atoms with E-state index in [0.29, 0.717) is 24.5 Å². The van der Waals surface area contributed by atoms with E-state index in [1.54, 1.807) is 19.2 Å². The van der Waals surface area contributed by atoms with E-state index in [-0.39, 0.29) is 12.7 Å². The molecule has 0 aliphatic carbocycles. The molecule has 0 saturated carbocycles. The molecule has 1 aromatic rings. The molecular weight excluding hydrogens is 249 g/mol. The first-order chi connectivity index (χ1) is 9.19. The minimum atomic E-state index is -0.539. The number of halogens is 1. The second-order valence-electron chi connectivity index (χ2n) is 4.04. The average Bonchev–Trinajstić information content (AvgIpc) is 2.43. The molecule has 4 nitrogen and oxygen atoms in total. The quantitative estimate of drug-likeness (QED) is 0.726. The minimum Gasteiger partial charge on any atom is -0.497 e. The summed E-state index contributed by atoms with van der Waals surface area (Å²) in [5, 5.41) is 8.55. The summed E-state index contributed by atoms with van der Waals surface area (Å²) in [6, 6.07) is 7.34. The van der Waals surface area contributed by atoms with Crippen molar-refractivity contribution >= 4 is 0 Å². The van der Waals surface area contributed by atoms with Gasteiger partial charge >= 0.3 is 0 Å². The summed E-state index contributed by atoms with van der Waals surface area (Å²) in [4.78, 5) is 0. The molecule has 0 aromatic heterocycles. The first-order valence-electron chi connectivity index (χ1n) is 6.05. The van der Waals surface area contributed by atoms with Gasteiger partial charge in [-0.3, -0.25) is 0 Å². The van der Waals surface area contributed by atoms with Gasteiger partial charge in [-0.05, 0) is 24.6 Å². The summed E-state index contributed by atoms with van der Waals surface area (Å²) in [5.41, 5.74) is 0.859. The molecule has 0 saturated heterocycles. The van der Waals surface area contributed by atoms with Gasteiger partial charge in [0.1, 0.15) is 24.8 Å². The molecule has 1 unspecified atom stereocenters. The molecule has 1 rings (SSSR count). The zero-order valence-electron chi connectivity index (χ0n) is 11.2. The van der Waals surface area contributed by atoms with Gasteiger partial charge < -0.3 is 14.2 Å². The molecule has 0 spiro atoms. The lowest BCUT2D eigenvalue weighted by molar-refractivity contribution is 0.0561. The molecule has 0 aliphatic rings. The highest BCUT2D eigenvalue weighted by Crippen LogP contribution is 2.23. The number of rotatable bonds is 8. The molecule has 1 atom stereocenters. The highest BCUT2D eigenvalue weighted by Gasteiger charge is 2.06. The fraction of sp³-hybridized carbons (Fsp3) is 0.500. The van der Waals surface area contributed by atoms with E-state index >= 15 is 0 Å². The number of ether oxygens (including phenoxy) is 3. The Labute approximate surface area is 112 Å². The van der Waals surface area contributed by atoms with Crippen LogP contribution in [-0.2, 0) is 11.3 Å². The summed E-state index contributed by atoms with van der Waals surface area (Å²) in [7, 11) is 1.55. The van der Waals surface area contributed by atoms with Crippen LogP contribution in [0.4, 0.5) is 4.39 Å². The molecule has 0 aliphatic heterocycles. The lowest BCUT2D eigenvalue weighted by atomic mass is 10.2. The van der Waals surface area contributed by atoms with Crippen molar-refractivity contribution in [1.82, 2.24) is 0 Å². The first kappa shape index (κ1) is 15.3. The van der Waals surface area contributed by atoms with Crippen molar-refractivity contribution in [2.24, 2.45) is 0 Å². The van der Waals surface area contributed by atoms with Crippen LogP contribution in [0.25, 0.3) is 0 Å². The summed E-state index contributed by atoms with van der Waals surface area (Å²) in [6.45, 7) is 1.66. The zero-order valence-corrected chi connectivity index (χ0v) is 11.2. The van der Waals surface area contributed by atoms with Gasteiger partial charge in [0.25, 0.3) is 0 Å². The van der Waals surface area contributed by atoms with Gasteiger partial charge in [0.05, 0.1) is 32.3 Å². The molecule has 19 heavy (non-hydrogen) atoms. The Morgan fingerprint density at radius 1 is 1.32 bits per heavy atom. The number of alkyl halides is 1. The molecule has 104 valence electrons. The van der Waals surface area contributed by atoms with Gasteiger partial charge in [0, 0.05) is 6.07 Å². The van der Waals surface area contributed by atoms with E-state index < -0.39 is 6.67 Å². The van der Waals surface area contributed by atoms with E-state index in [1.165, 1.54) is 0 Å². The normalized spacial score (nSPS) is 11.7. The monoisotopic (exact) mass is 267 g/mol. The topological polar surface area (TPSA) is 51.5 Å². The van der Waals surface area contributed by atoms with Crippen LogP contribution in [0.3, 0.4) is 0 Å². The number of benzene rings is 1. The fourth-order valence-electron chi connectivity index (χ4n) is 1.50. The number of hydrogen-bond acceptors (Lipinski definition) is 4. The predicted molar refractivity (Wildman–Crippen MR) is 68.9 cm³/mol. The Morgan fingerprint density at radius 3 is 2.68 bits per heavy atom. The maximum atomic E-state index is 12.1. The number of methoxy groups -OCH3 is 1. The number of nitrogens with zero attached hydrogens (tertiary/aromatic N) is 1. The molecular formula is C14H18FNO3. The van der Waals surface area contributed by atoms with E-state index in [9.17, 15) is 4.39 Å². The maximum absolute atomic E-state index is 12.1. The van der Waals surface area contributed by atoms with E-state index in [2.05, 4.69) is 0 Å². The third-order valence-electron chi connectivity index (χ3n) is 2.43. The molecule has 1 aromatic carbocycles. The minimum absolute atomic E-state index is 0.0122. The van der Waals surface area contributed by atoms with Crippen LogP contribution < -0.4 is 9.47 Å². The van der Waals surface area contributed by atoms with Crippen molar-refractivity contribution in [1.29, 1.82) is 5.26 Å². The van der Waals surface area contributed by atoms with Gasteiger partial charge in [-0.1, -0.05) is 0 Å². The third-order valence-corrected chi connectivity index (χ3v) is 2.43. The Bertz CT molecular complexity index is 431. The summed E-state index contributed by atoms with van der Waals surface area (Å²) >= 11 is 0. The zero-order chi connectivity index (χ0) is 14.1. The lowest BCUT2D eigenvalue weighted by Gasteiger charge is -2.12. The standard InChI is InChI=1S/C14H18FNO3/c1-11(3-5-16)19-10-12-7-13(17-2)9-14(8-12)18-6-4-15/h7-9,11H,3-4,6,10H2,1-2H3. The number of hydrogen-bond donors (Lipinski definition) is 0. The van der Waals surface area contributed by atoms with Crippen LogP contribution in [0.1, 0.15) is 18.9 Å². The van der Waals surface area contributed by atoms with Crippen LogP contribution in [-0.4, -0.2) is 26.5 Å². The fourth-order valence-corrected chi connectivity index (χ4v) is 1.50. The highest BCUT2D eigenvalue weighted by atomic mass is 19.1. The maximum Gasteiger partial charge on any atom is 0.123 e. The highest BCUT2D eigenvalue weighted by molar-refractivity contribution is 5.38. The molecule has 0 fully saturated rings. The smallest absolute Gasteiger partial charge is 0.123 e. The Kier molecular flexibility index (Phi) is 6.69. The van der Waals surface area contributed by atoms with Crippen LogP contribution in [0.2, 0.25) is 0 Å². The van der Waals surface area contributed by atoms with Crippen molar-refractivity contribution in [3.05, 3.63) is 23.8 Å². The number of nitriles is 1.